The van der Waals surface area contributed by atoms with Crippen LogP contribution in [0.25, 0.3) is 0 Å². The summed E-state index contributed by atoms with van der Waals surface area (Å²) in [5.41, 5.74) is 1.55. The molecule has 1 unspecified atom stereocenters. The van der Waals surface area contributed by atoms with Crippen LogP contribution in [0.5, 0.6) is 0 Å². The van der Waals surface area contributed by atoms with Crippen molar-refractivity contribution in [3.63, 3.8) is 0 Å². The molecule has 1 saturated carbocycles. The SMILES string of the molecule is CC(NC1(CNC2=NCCCN2)CCCC1)c1ccccc1. The Morgan fingerprint density at radius 2 is 1.95 bits per heavy atom. The molecule has 0 spiro atoms. The normalized spacial score (nSPS) is 21.8. The lowest BCUT2D eigenvalue weighted by Gasteiger charge is -2.35. The van der Waals surface area contributed by atoms with E-state index in [-0.39, 0.29) is 5.54 Å². The molecule has 1 heterocycles. The summed E-state index contributed by atoms with van der Waals surface area (Å²) < 4.78 is 0. The van der Waals surface area contributed by atoms with E-state index in [9.17, 15) is 0 Å². The van der Waals surface area contributed by atoms with Gasteiger partial charge in [0.2, 0.25) is 0 Å². The van der Waals surface area contributed by atoms with E-state index < -0.39 is 0 Å². The van der Waals surface area contributed by atoms with E-state index >= 15 is 0 Å². The van der Waals surface area contributed by atoms with E-state index in [0.717, 1.165) is 32.0 Å². The van der Waals surface area contributed by atoms with Crippen molar-refractivity contribution in [2.45, 2.75) is 50.6 Å². The number of guanidine groups is 1. The van der Waals surface area contributed by atoms with Gasteiger partial charge in [0.25, 0.3) is 0 Å². The van der Waals surface area contributed by atoms with Crippen molar-refractivity contribution >= 4 is 5.96 Å². The fraction of sp³-hybridized carbons (Fsp3) is 0.611. The molecule has 0 radical (unpaired) electrons. The van der Waals surface area contributed by atoms with Gasteiger partial charge in [0, 0.05) is 31.2 Å². The highest BCUT2D eigenvalue weighted by atomic mass is 15.2. The second-order valence-electron chi connectivity index (χ2n) is 6.63. The summed E-state index contributed by atoms with van der Waals surface area (Å²) in [6.45, 7) is 5.20. The summed E-state index contributed by atoms with van der Waals surface area (Å²) in [7, 11) is 0. The molecule has 4 heteroatoms. The molecule has 1 aromatic carbocycles. The van der Waals surface area contributed by atoms with Gasteiger partial charge in [0.05, 0.1) is 0 Å². The van der Waals surface area contributed by atoms with E-state index in [0.29, 0.717) is 6.04 Å². The lowest BCUT2D eigenvalue weighted by Crippen LogP contribution is -2.54. The van der Waals surface area contributed by atoms with Gasteiger partial charge < -0.3 is 16.0 Å². The first-order chi connectivity index (χ1) is 10.8. The molecule has 0 amide bonds. The Kier molecular flexibility index (Phi) is 4.98. The Balaban J connectivity index is 1.62. The second kappa shape index (κ2) is 7.14. The molecule has 120 valence electrons. The Morgan fingerprint density at radius 3 is 2.64 bits per heavy atom. The first kappa shape index (κ1) is 15.3. The zero-order chi connectivity index (χ0) is 15.3. The summed E-state index contributed by atoms with van der Waals surface area (Å²) in [5.74, 6) is 0.978. The predicted octanol–water partition coefficient (Wildman–Crippen LogP) is 2.59. The Bertz CT molecular complexity index is 491. The van der Waals surface area contributed by atoms with Crippen molar-refractivity contribution in [1.29, 1.82) is 0 Å². The van der Waals surface area contributed by atoms with E-state index in [1.54, 1.807) is 0 Å². The summed E-state index contributed by atoms with van der Waals surface area (Å²) in [4.78, 5) is 4.53. The van der Waals surface area contributed by atoms with Gasteiger partial charge in [-0.2, -0.15) is 0 Å². The van der Waals surface area contributed by atoms with Crippen LogP contribution in [-0.2, 0) is 0 Å². The number of nitrogens with one attached hydrogen (secondary N) is 3. The zero-order valence-corrected chi connectivity index (χ0v) is 13.6. The van der Waals surface area contributed by atoms with Crippen LogP contribution in [-0.4, -0.2) is 31.1 Å². The zero-order valence-electron chi connectivity index (χ0n) is 13.6. The Morgan fingerprint density at radius 1 is 1.18 bits per heavy atom. The highest BCUT2D eigenvalue weighted by Crippen LogP contribution is 2.31. The van der Waals surface area contributed by atoms with Crippen molar-refractivity contribution in [3.8, 4) is 0 Å². The second-order valence-corrected chi connectivity index (χ2v) is 6.63. The summed E-state index contributed by atoms with van der Waals surface area (Å²) in [5, 5.41) is 10.8. The van der Waals surface area contributed by atoms with Gasteiger partial charge in [-0.15, -0.1) is 0 Å². The third-order valence-corrected chi connectivity index (χ3v) is 4.87. The van der Waals surface area contributed by atoms with E-state index in [2.05, 4.69) is 58.2 Å². The molecule has 1 aromatic rings. The quantitative estimate of drug-likeness (QED) is 0.783. The van der Waals surface area contributed by atoms with Crippen molar-refractivity contribution < 1.29 is 0 Å². The van der Waals surface area contributed by atoms with Crippen LogP contribution in [0.4, 0.5) is 0 Å². The third-order valence-electron chi connectivity index (χ3n) is 4.87. The molecule has 22 heavy (non-hydrogen) atoms. The lowest BCUT2D eigenvalue weighted by molar-refractivity contribution is 0.296. The molecule has 0 aromatic heterocycles. The maximum Gasteiger partial charge on any atom is 0.191 e. The molecule has 3 rings (SSSR count). The van der Waals surface area contributed by atoms with Gasteiger partial charge in [-0.1, -0.05) is 43.2 Å². The summed E-state index contributed by atoms with van der Waals surface area (Å²) in [6.07, 6.45) is 6.25. The van der Waals surface area contributed by atoms with E-state index in [1.807, 2.05) is 0 Å². The van der Waals surface area contributed by atoms with Gasteiger partial charge in [0.1, 0.15) is 0 Å². The molecule has 1 fully saturated rings. The maximum atomic E-state index is 4.53. The minimum Gasteiger partial charge on any atom is -0.356 e. The van der Waals surface area contributed by atoms with Crippen LogP contribution in [0, 0.1) is 0 Å². The van der Waals surface area contributed by atoms with Crippen molar-refractivity contribution in [2.24, 2.45) is 4.99 Å². The molecule has 3 N–H and O–H groups in total. The van der Waals surface area contributed by atoms with Crippen molar-refractivity contribution in [2.75, 3.05) is 19.6 Å². The van der Waals surface area contributed by atoms with Crippen LogP contribution in [0.2, 0.25) is 0 Å². The number of rotatable bonds is 5. The Hall–Kier alpha value is -1.55. The molecule has 2 aliphatic rings. The van der Waals surface area contributed by atoms with Crippen LogP contribution in [0.15, 0.2) is 35.3 Å². The summed E-state index contributed by atoms with van der Waals surface area (Å²) >= 11 is 0. The van der Waals surface area contributed by atoms with Crippen LogP contribution in [0.1, 0.15) is 50.6 Å². The smallest absolute Gasteiger partial charge is 0.191 e. The molecule has 1 atom stereocenters. The first-order valence-electron chi connectivity index (χ1n) is 8.62. The number of benzene rings is 1. The molecule has 1 aliphatic carbocycles. The average molecular weight is 300 g/mol. The highest BCUT2D eigenvalue weighted by molar-refractivity contribution is 5.80. The van der Waals surface area contributed by atoms with Gasteiger partial charge in [0.15, 0.2) is 5.96 Å². The minimum atomic E-state index is 0.191. The van der Waals surface area contributed by atoms with E-state index in [1.165, 1.54) is 31.2 Å². The number of hydrogen-bond donors (Lipinski definition) is 3. The molecule has 0 saturated heterocycles. The third kappa shape index (κ3) is 3.80. The standard InChI is InChI=1S/C18H28N4/c1-15(16-8-3-2-4-9-16)22-18(10-5-6-11-18)14-21-17-19-12-7-13-20-17/h2-4,8-9,15,22H,5-7,10-14H2,1H3,(H2,19,20,21). The molecule has 4 nitrogen and oxygen atoms in total. The average Bonchev–Trinajstić information content (AvgIpc) is 3.04. The number of aliphatic imine (C=N–C) groups is 1. The number of nitrogens with zero attached hydrogens (tertiary/aromatic N) is 1. The molecular weight excluding hydrogens is 272 g/mol. The Labute approximate surface area is 133 Å². The van der Waals surface area contributed by atoms with Gasteiger partial charge in [-0.25, -0.2) is 0 Å². The van der Waals surface area contributed by atoms with Gasteiger partial charge in [-0.3, -0.25) is 4.99 Å². The highest BCUT2D eigenvalue weighted by Gasteiger charge is 2.35. The number of hydrogen-bond acceptors (Lipinski definition) is 4. The minimum absolute atomic E-state index is 0.191. The van der Waals surface area contributed by atoms with Gasteiger partial charge in [-0.05, 0) is 31.7 Å². The van der Waals surface area contributed by atoms with Crippen molar-refractivity contribution in [1.82, 2.24) is 16.0 Å². The van der Waals surface area contributed by atoms with Crippen LogP contribution in [0.3, 0.4) is 0 Å². The fourth-order valence-corrected chi connectivity index (χ4v) is 3.61. The molecule has 1 aliphatic heterocycles. The first-order valence-corrected chi connectivity index (χ1v) is 8.62. The predicted molar refractivity (Wildman–Crippen MR) is 92.1 cm³/mol. The maximum absolute atomic E-state index is 4.53. The molecule has 0 bridgehead atoms. The van der Waals surface area contributed by atoms with Crippen LogP contribution < -0.4 is 16.0 Å². The van der Waals surface area contributed by atoms with Crippen molar-refractivity contribution in [3.05, 3.63) is 35.9 Å². The summed E-state index contributed by atoms with van der Waals surface area (Å²) in [6, 6.07) is 11.1. The van der Waals surface area contributed by atoms with Gasteiger partial charge >= 0.3 is 0 Å². The monoisotopic (exact) mass is 300 g/mol. The largest absolute Gasteiger partial charge is 0.356 e. The topological polar surface area (TPSA) is 48.5 Å². The van der Waals surface area contributed by atoms with E-state index in [4.69, 9.17) is 0 Å². The molecular formula is C18H28N4. The van der Waals surface area contributed by atoms with Crippen LogP contribution >= 0.6 is 0 Å². The fourth-order valence-electron chi connectivity index (χ4n) is 3.61. The lowest BCUT2D eigenvalue weighted by atomic mass is 9.94.